The highest BCUT2D eigenvalue weighted by Crippen LogP contribution is 2.60. The van der Waals surface area contributed by atoms with E-state index in [1.165, 1.54) is 44.3 Å². The Balaban J connectivity index is 1.66. The zero-order valence-electron chi connectivity index (χ0n) is 11.0. The van der Waals surface area contributed by atoms with Crippen LogP contribution in [0.25, 0.3) is 0 Å². The summed E-state index contributed by atoms with van der Waals surface area (Å²) in [5.74, 6) is 5.33. The lowest BCUT2D eigenvalue weighted by Gasteiger charge is -2.55. The molecule has 4 bridgehead atoms. The van der Waals surface area contributed by atoms with E-state index in [-0.39, 0.29) is 0 Å². The van der Waals surface area contributed by atoms with E-state index in [0.29, 0.717) is 12.0 Å². The number of hydrogen-bond donors (Lipinski definition) is 1. The fourth-order valence-corrected chi connectivity index (χ4v) is 5.35. The zero-order chi connectivity index (χ0) is 12.2. The van der Waals surface area contributed by atoms with Crippen molar-refractivity contribution in [2.24, 2.45) is 23.5 Å². The molecule has 1 aromatic rings. The molecule has 1 heterocycles. The summed E-state index contributed by atoms with van der Waals surface area (Å²) in [6, 6.07) is 4.40. The quantitative estimate of drug-likeness (QED) is 0.888. The highest BCUT2D eigenvalue weighted by molar-refractivity contribution is 5.22. The van der Waals surface area contributed by atoms with Gasteiger partial charge >= 0.3 is 0 Å². The fraction of sp³-hybridized carbons (Fsp3) is 0.750. The summed E-state index contributed by atoms with van der Waals surface area (Å²) >= 11 is 0. The van der Waals surface area contributed by atoms with Gasteiger partial charge < -0.3 is 10.2 Å². The minimum absolute atomic E-state index is 0.404. The topological polar surface area (TPSA) is 39.2 Å². The highest BCUT2D eigenvalue weighted by atomic mass is 16.3. The van der Waals surface area contributed by atoms with E-state index < -0.39 is 0 Å². The van der Waals surface area contributed by atoms with Crippen LogP contribution in [0.1, 0.15) is 50.0 Å². The minimum atomic E-state index is 0.404. The second-order valence-corrected chi connectivity index (χ2v) is 7.00. The molecule has 0 amide bonds. The first-order valence-corrected chi connectivity index (χ1v) is 7.57. The van der Waals surface area contributed by atoms with Crippen LogP contribution in [0.15, 0.2) is 16.5 Å². The molecule has 2 N–H and O–H groups in total. The third kappa shape index (κ3) is 1.58. The largest absolute Gasteiger partial charge is 0.465 e. The second-order valence-electron chi connectivity index (χ2n) is 7.00. The van der Waals surface area contributed by atoms with Gasteiger partial charge in [-0.2, -0.15) is 0 Å². The molecular formula is C16H23NO. The summed E-state index contributed by atoms with van der Waals surface area (Å²) in [4.78, 5) is 0. The van der Waals surface area contributed by atoms with Crippen LogP contribution in [0.4, 0.5) is 0 Å². The van der Waals surface area contributed by atoms with E-state index in [1.807, 2.05) is 0 Å². The Labute approximate surface area is 109 Å². The molecule has 0 radical (unpaired) electrons. The third-order valence-electron chi connectivity index (χ3n) is 5.61. The van der Waals surface area contributed by atoms with Crippen molar-refractivity contribution in [3.63, 3.8) is 0 Å². The fourth-order valence-electron chi connectivity index (χ4n) is 5.35. The molecule has 2 nitrogen and oxygen atoms in total. The average molecular weight is 245 g/mol. The SMILES string of the molecule is NCCc1ccc(C23CC4CC(CC(C4)C2)C3)o1. The molecule has 4 aliphatic rings. The minimum Gasteiger partial charge on any atom is -0.465 e. The van der Waals surface area contributed by atoms with Gasteiger partial charge in [0.25, 0.3) is 0 Å². The lowest BCUT2D eigenvalue weighted by Crippen LogP contribution is -2.48. The van der Waals surface area contributed by atoms with Gasteiger partial charge in [-0.05, 0) is 75.0 Å². The predicted molar refractivity (Wildman–Crippen MR) is 71.3 cm³/mol. The maximum atomic E-state index is 6.13. The molecular weight excluding hydrogens is 222 g/mol. The summed E-state index contributed by atoms with van der Waals surface area (Å²) in [5.41, 5.74) is 6.02. The molecule has 98 valence electrons. The third-order valence-corrected chi connectivity index (χ3v) is 5.61. The van der Waals surface area contributed by atoms with E-state index in [4.69, 9.17) is 10.2 Å². The van der Waals surface area contributed by atoms with E-state index in [2.05, 4.69) is 12.1 Å². The zero-order valence-corrected chi connectivity index (χ0v) is 11.0. The molecule has 4 saturated carbocycles. The lowest BCUT2D eigenvalue weighted by atomic mass is 9.49. The van der Waals surface area contributed by atoms with Crippen molar-refractivity contribution in [3.05, 3.63) is 23.7 Å². The van der Waals surface area contributed by atoms with Gasteiger partial charge in [0.2, 0.25) is 0 Å². The average Bonchev–Trinajstić information content (AvgIpc) is 2.77. The first-order chi connectivity index (χ1) is 8.77. The maximum Gasteiger partial charge on any atom is 0.110 e. The van der Waals surface area contributed by atoms with Crippen LogP contribution in [-0.2, 0) is 11.8 Å². The van der Waals surface area contributed by atoms with Crippen molar-refractivity contribution in [2.75, 3.05) is 6.54 Å². The Morgan fingerprint density at radius 1 is 1.06 bits per heavy atom. The monoisotopic (exact) mass is 245 g/mol. The molecule has 0 atom stereocenters. The van der Waals surface area contributed by atoms with Gasteiger partial charge in [0.15, 0.2) is 0 Å². The smallest absolute Gasteiger partial charge is 0.110 e. The molecule has 4 fully saturated rings. The molecule has 0 unspecified atom stereocenters. The van der Waals surface area contributed by atoms with Crippen molar-refractivity contribution in [1.29, 1.82) is 0 Å². The molecule has 0 aromatic carbocycles. The number of hydrogen-bond acceptors (Lipinski definition) is 2. The van der Waals surface area contributed by atoms with E-state index in [9.17, 15) is 0 Å². The Kier molecular flexibility index (Phi) is 2.38. The van der Waals surface area contributed by atoms with Crippen LogP contribution >= 0.6 is 0 Å². The van der Waals surface area contributed by atoms with Crippen LogP contribution in [0.5, 0.6) is 0 Å². The van der Waals surface area contributed by atoms with Gasteiger partial charge in [-0.25, -0.2) is 0 Å². The second kappa shape index (κ2) is 3.86. The molecule has 5 rings (SSSR count). The summed E-state index contributed by atoms with van der Waals surface area (Å²) < 4.78 is 6.13. The summed E-state index contributed by atoms with van der Waals surface area (Å²) in [5, 5.41) is 0. The van der Waals surface area contributed by atoms with Crippen LogP contribution in [0, 0.1) is 17.8 Å². The molecule has 18 heavy (non-hydrogen) atoms. The van der Waals surface area contributed by atoms with E-state index in [1.54, 1.807) is 0 Å². The van der Waals surface area contributed by atoms with E-state index in [0.717, 1.165) is 29.9 Å². The van der Waals surface area contributed by atoms with Gasteiger partial charge in [0.05, 0.1) is 0 Å². The van der Waals surface area contributed by atoms with Crippen LogP contribution in [-0.4, -0.2) is 6.54 Å². The molecule has 0 spiro atoms. The molecule has 0 saturated heterocycles. The van der Waals surface area contributed by atoms with Crippen molar-refractivity contribution in [3.8, 4) is 0 Å². The Bertz CT molecular complexity index is 412. The lowest BCUT2D eigenvalue weighted by molar-refractivity contribution is -0.0155. The Hall–Kier alpha value is -0.760. The predicted octanol–water partition coefficient (Wildman–Crippen LogP) is 3.25. The Morgan fingerprint density at radius 3 is 2.22 bits per heavy atom. The number of nitrogens with two attached hydrogens (primary N) is 1. The van der Waals surface area contributed by atoms with Crippen molar-refractivity contribution in [2.45, 2.75) is 50.4 Å². The van der Waals surface area contributed by atoms with Crippen LogP contribution in [0.2, 0.25) is 0 Å². The van der Waals surface area contributed by atoms with Crippen molar-refractivity contribution >= 4 is 0 Å². The standard InChI is InChI=1S/C16H23NO/c17-4-3-14-1-2-15(18-14)16-8-11-5-12(9-16)7-13(6-11)10-16/h1-2,11-13H,3-10,17H2. The molecule has 2 heteroatoms. The molecule has 4 aliphatic carbocycles. The first-order valence-electron chi connectivity index (χ1n) is 7.57. The highest BCUT2D eigenvalue weighted by Gasteiger charge is 2.53. The van der Waals surface area contributed by atoms with Gasteiger partial charge in [0.1, 0.15) is 11.5 Å². The molecule has 0 aliphatic heterocycles. The first kappa shape index (κ1) is 11.1. The summed E-state index contributed by atoms with van der Waals surface area (Å²) in [6.07, 6.45) is 9.52. The van der Waals surface area contributed by atoms with Gasteiger partial charge in [-0.3, -0.25) is 0 Å². The van der Waals surface area contributed by atoms with Gasteiger partial charge in [-0.1, -0.05) is 0 Å². The molecule has 1 aromatic heterocycles. The van der Waals surface area contributed by atoms with E-state index >= 15 is 0 Å². The number of furan rings is 1. The maximum absolute atomic E-state index is 6.13. The van der Waals surface area contributed by atoms with Crippen molar-refractivity contribution in [1.82, 2.24) is 0 Å². The van der Waals surface area contributed by atoms with Gasteiger partial charge in [0, 0.05) is 11.8 Å². The van der Waals surface area contributed by atoms with Crippen LogP contribution < -0.4 is 5.73 Å². The Morgan fingerprint density at radius 2 is 1.67 bits per heavy atom. The normalized spacial score (nSPS) is 41.5. The van der Waals surface area contributed by atoms with Gasteiger partial charge in [-0.15, -0.1) is 0 Å². The number of rotatable bonds is 3. The van der Waals surface area contributed by atoms with Crippen LogP contribution in [0.3, 0.4) is 0 Å². The van der Waals surface area contributed by atoms with Crippen molar-refractivity contribution < 1.29 is 4.42 Å². The summed E-state index contributed by atoms with van der Waals surface area (Å²) in [6.45, 7) is 0.688. The summed E-state index contributed by atoms with van der Waals surface area (Å²) in [7, 11) is 0.